The summed E-state index contributed by atoms with van der Waals surface area (Å²) >= 11 is 0. The first-order chi connectivity index (χ1) is 13.2. The minimum Gasteiger partial charge on any atom is -0.449 e. The van der Waals surface area contributed by atoms with Crippen LogP contribution in [0.2, 0.25) is 0 Å². The summed E-state index contributed by atoms with van der Waals surface area (Å²) in [6.07, 6.45) is 6.73. The molecule has 154 valence electrons. The maximum atomic E-state index is 12.2. The van der Waals surface area contributed by atoms with Gasteiger partial charge in [0.15, 0.2) is 6.10 Å². The number of nitrogens with zero attached hydrogens (tertiary/aromatic N) is 1. The molecule has 2 rings (SSSR count). The van der Waals surface area contributed by atoms with Crippen molar-refractivity contribution in [2.24, 2.45) is 0 Å². The molecule has 1 aromatic carbocycles. The van der Waals surface area contributed by atoms with Crippen molar-refractivity contribution in [1.29, 1.82) is 0 Å². The van der Waals surface area contributed by atoms with Gasteiger partial charge in [-0.15, -0.1) is 0 Å². The van der Waals surface area contributed by atoms with Gasteiger partial charge in [-0.3, -0.25) is 4.79 Å². The number of hydrogen-bond donors (Lipinski definition) is 1. The third kappa shape index (κ3) is 5.90. The average Bonchev–Trinajstić information content (AvgIpc) is 2.68. The fraction of sp³-hybridized carbons (Fsp3) is 0.500. The molecule has 0 saturated heterocycles. The third-order valence-electron chi connectivity index (χ3n) is 4.65. The lowest BCUT2D eigenvalue weighted by Gasteiger charge is -2.16. The van der Waals surface area contributed by atoms with Gasteiger partial charge in [-0.1, -0.05) is 11.6 Å². The first-order valence-corrected chi connectivity index (χ1v) is 10.8. The normalized spacial score (nSPS) is 15.6. The van der Waals surface area contributed by atoms with Crippen molar-refractivity contribution < 1.29 is 22.7 Å². The van der Waals surface area contributed by atoms with E-state index >= 15 is 0 Å². The molecule has 1 aliphatic carbocycles. The van der Waals surface area contributed by atoms with E-state index in [9.17, 15) is 18.0 Å². The monoisotopic (exact) mass is 408 g/mol. The van der Waals surface area contributed by atoms with Gasteiger partial charge in [-0.2, -0.15) is 0 Å². The molecule has 1 atom stereocenters. The van der Waals surface area contributed by atoms with Crippen LogP contribution in [-0.2, 0) is 19.6 Å². The fourth-order valence-electron chi connectivity index (χ4n) is 2.88. The van der Waals surface area contributed by atoms with E-state index in [1.807, 2.05) is 0 Å². The Bertz CT molecular complexity index is 829. The van der Waals surface area contributed by atoms with E-state index < -0.39 is 22.1 Å². The Morgan fingerprint density at radius 3 is 2.43 bits per heavy atom. The van der Waals surface area contributed by atoms with Crippen LogP contribution < -0.4 is 5.32 Å². The lowest BCUT2D eigenvalue weighted by Crippen LogP contribution is -2.36. The Kier molecular flexibility index (Phi) is 7.77. The van der Waals surface area contributed by atoms with E-state index in [0.29, 0.717) is 6.54 Å². The van der Waals surface area contributed by atoms with Crippen molar-refractivity contribution in [3.8, 4) is 0 Å². The smallest absolute Gasteiger partial charge is 0.338 e. The summed E-state index contributed by atoms with van der Waals surface area (Å²) < 4.78 is 30.4. The molecule has 0 saturated carbocycles. The predicted molar refractivity (Wildman–Crippen MR) is 106 cm³/mol. The number of esters is 1. The molecule has 0 spiro atoms. The number of carbonyl (C=O) groups excluding carboxylic acids is 2. The van der Waals surface area contributed by atoms with Crippen molar-refractivity contribution in [2.75, 3.05) is 20.6 Å². The first-order valence-electron chi connectivity index (χ1n) is 9.41. The van der Waals surface area contributed by atoms with Gasteiger partial charge in [0, 0.05) is 20.6 Å². The SMILES string of the molecule is C[C@H](OC(=O)c1ccc(S(=O)(=O)N(C)C)cc1)C(=O)NCCC1=CCCCC1. The minimum atomic E-state index is -3.56. The van der Waals surface area contributed by atoms with Gasteiger partial charge in [0.1, 0.15) is 0 Å². The van der Waals surface area contributed by atoms with Crippen molar-refractivity contribution in [1.82, 2.24) is 9.62 Å². The number of allylic oxidation sites excluding steroid dienone is 1. The number of hydrogen-bond acceptors (Lipinski definition) is 5. The van der Waals surface area contributed by atoms with Crippen LogP contribution in [0.1, 0.15) is 49.4 Å². The van der Waals surface area contributed by atoms with Crippen molar-refractivity contribution >= 4 is 21.9 Å². The molecular formula is C20H28N2O5S. The zero-order valence-electron chi connectivity index (χ0n) is 16.6. The highest BCUT2D eigenvalue weighted by atomic mass is 32.2. The number of sulfonamides is 1. The maximum absolute atomic E-state index is 12.2. The van der Waals surface area contributed by atoms with E-state index in [1.54, 1.807) is 0 Å². The largest absolute Gasteiger partial charge is 0.449 e. The summed E-state index contributed by atoms with van der Waals surface area (Å²) in [6, 6.07) is 5.43. The Labute approximate surface area is 166 Å². The van der Waals surface area contributed by atoms with Crippen LogP contribution in [0.5, 0.6) is 0 Å². The van der Waals surface area contributed by atoms with Gasteiger partial charge in [0.05, 0.1) is 10.5 Å². The van der Waals surface area contributed by atoms with E-state index in [2.05, 4.69) is 11.4 Å². The molecule has 0 aliphatic heterocycles. The van der Waals surface area contributed by atoms with Gasteiger partial charge in [0.2, 0.25) is 10.0 Å². The van der Waals surface area contributed by atoms with Crippen LogP contribution >= 0.6 is 0 Å². The maximum Gasteiger partial charge on any atom is 0.338 e. The van der Waals surface area contributed by atoms with Gasteiger partial charge in [0.25, 0.3) is 5.91 Å². The van der Waals surface area contributed by atoms with Crippen molar-refractivity contribution in [3.63, 3.8) is 0 Å². The topological polar surface area (TPSA) is 92.8 Å². The number of ether oxygens (including phenoxy) is 1. The Morgan fingerprint density at radius 2 is 1.86 bits per heavy atom. The summed E-state index contributed by atoms with van der Waals surface area (Å²) in [5.74, 6) is -1.02. The zero-order valence-corrected chi connectivity index (χ0v) is 17.4. The zero-order chi connectivity index (χ0) is 20.7. The second kappa shape index (κ2) is 9.84. The van der Waals surface area contributed by atoms with Gasteiger partial charge < -0.3 is 10.1 Å². The van der Waals surface area contributed by atoms with Crippen LogP contribution in [0.4, 0.5) is 0 Å². The molecule has 0 bridgehead atoms. The number of nitrogens with one attached hydrogen (secondary N) is 1. The van der Waals surface area contributed by atoms with Crippen LogP contribution in [0.15, 0.2) is 40.8 Å². The van der Waals surface area contributed by atoms with Crippen LogP contribution in [0, 0.1) is 0 Å². The first kappa shape index (κ1) is 22.1. The summed E-state index contributed by atoms with van der Waals surface area (Å²) in [5, 5.41) is 2.79. The third-order valence-corrected chi connectivity index (χ3v) is 6.48. The average molecular weight is 409 g/mol. The summed E-state index contributed by atoms with van der Waals surface area (Å²) in [4.78, 5) is 24.4. The van der Waals surface area contributed by atoms with Gasteiger partial charge >= 0.3 is 5.97 Å². The number of benzene rings is 1. The summed E-state index contributed by atoms with van der Waals surface area (Å²) in [5.41, 5.74) is 1.55. The molecule has 0 heterocycles. The minimum absolute atomic E-state index is 0.0804. The molecule has 0 radical (unpaired) electrons. The Morgan fingerprint density at radius 1 is 1.18 bits per heavy atom. The fourth-order valence-corrected chi connectivity index (χ4v) is 3.78. The van der Waals surface area contributed by atoms with Gasteiger partial charge in [-0.25, -0.2) is 17.5 Å². The number of amides is 1. The molecule has 0 unspecified atom stereocenters. The van der Waals surface area contributed by atoms with Crippen LogP contribution in [0.25, 0.3) is 0 Å². The van der Waals surface area contributed by atoms with Gasteiger partial charge in [-0.05, 0) is 63.3 Å². The van der Waals surface area contributed by atoms with Crippen molar-refractivity contribution in [2.45, 2.75) is 50.0 Å². The highest BCUT2D eigenvalue weighted by Gasteiger charge is 2.21. The molecule has 7 nitrogen and oxygen atoms in total. The molecule has 1 aliphatic rings. The molecule has 1 N–H and O–H groups in total. The second-order valence-corrected chi connectivity index (χ2v) is 9.16. The van der Waals surface area contributed by atoms with E-state index in [0.717, 1.165) is 23.6 Å². The molecule has 1 aromatic rings. The highest BCUT2D eigenvalue weighted by Crippen LogP contribution is 2.19. The molecule has 28 heavy (non-hydrogen) atoms. The summed E-state index contributed by atoms with van der Waals surface area (Å²) in [6.45, 7) is 2.03. The second-order valence-electron chi connectivity index (χ2n) is 7.01. The number of carbonyl (C=O) groups is 2. The molecular weight excluding hydrogens is 380 g/mol. The van der Waals surface area contributed by atoms with E-state index in [4.69, 9.17) is 4.74 Å². The van der Waals surface area contributed by atoms with Crippen LogP contribution in [-0.4, -0.2) is 51.3 Å². The summed E-state index contributed by atoms with van der Waals surface area (Å²) in [7, 11) is -0.697. The van der Waals surface area contributed by atoms with Crippen LogP contribution in [0.3, 0.4) is 0 Å². The molecule has 0 aromatic heterocycles. The molecule has 0 fully saturated rings. The quantitative estimate of drug-likeness (QED) is 0.527. The Balaban J connectivity index is 1.85. The lowest BCUT2D eigenvalue weighted by molar-refractivity contribution is -0.129. The van der Waals surface area contributed by atoms with Crippen molar-refractivity contribution in [3.05, 3.63) is 41.5 Å². The predicted octanol–water partition coefficient (Wildman–Crippen LogP) is 2.49. The molecule has 1 amide bonds. The number of rotatable bonds is 8. The standard InChI is InChI=1S/C20H28N2O5S/c1-15(19(23)21-14-13-16-7-5-4-6-8-16)27-20(24)17-9-11-18(12-10-17)28(25,26)22(2)3/h7,9-12,15H,4-6,8,13-14H2,1-3H3,(H,21,23)/t15-/m0/s1. The van der Waals surface area contributed by atoms with E-state index in [-0.39, 0.29) is 16.4 Å². The lowest BCUT2D eigenvalue weighted by atomic mass is 9.97. The Hall–Kier alpha value is -2.19. The van der Waals surface area contributed by atoms with E-state index in [1.165, 1.54) is 63.7 Å². The molecule has 8 heteroatoms. The highest BCUT2D eigenvalue weighted by molar-refractivity contribution is 7.89.